The molecular weight excluding hydrogens is 164 g/mol. The van der Waals surface area contributed by atoms with Gasteiger partial charge in [-0.25, -0.2) is 0 Å². The first-order valence-electron chi connectivity index (χ1n) is 4.42. The third-order valence-electron chi connectivity index (χ3n) is 2.14. The van der Waals surface area contributed by atoms with E-state index in [0.717, 1.165) is 23.1 Å². The van der Waals surface area contributed by atoms with Crippen LogP contribution in [0.5, 0.6) is 5.75 Å². The van der Waals surface area contributed by atoms with Crippen molar-refractivity contribution in [1.29, 1.82) is 0 Å². The van der Waals surface area contributed by atoms with Gasteiger partial charge in [-0.1, -0.05) is 6.92 Å². The molecule has 13 heavy (non-hydrogen) atoms. The predicted octanol–water partition coefficient (Wildman–Crippen LogP) is 3.01. The maximum Gasteiger partial charge on any atom is 0.175 e. The summed E-state index contributed by atoms with van der Waals surface area (Å²) in [6.45, 7) is 3.99. The minimum atomic E-state index is 0.231. The van der Waals surface area contributed by atoms with Crippen molar-refractivity contribution in [3.05, 3.63) is 29.5 Å². The third kappa shape index (κ3) is 1.28. The predicted molar refractivity (Wildman–Crippen MR) is 52.0 cm³/mol. The summed E-state index contributed by atoms with van der Waals surface area (Å²) in [6.07, 6.45) is 0.854. The van der Waals surface area contributed by atoms with Crippen LogP contribution in [0.15, 0.2) is 22.6 Å². The molecule has 0 amide bonds. The van der Waals surface area contributed by atoms with E-state index in [9.17, 15) is 5.11 Å². The van der Waals surface area contributed by atoms with Gasteiger partial charge in [0.05, 0.1) is 0 Å². The van der Waals surface area contributed by atoms with Gasteiger partial charge in [-0.05, 0) is 30.7 Å². The van der Waals surface area contributed by atoms with E-state index in [4.69, 9.17) is 4.42 Å². The minimum absolute atomic E-state index is 0.231. The first-order chi connectivity index (χ1) is 6.20. The second-order valence-corrected chi connectivity index (χ2v) is 3.27. The molecule has 0 spiro atoms. The Hall–Kier alpha value is -1.44. The molecule has 0 saturated carbocycles. The zero-order valence-electron chi connectivity index (χ0n) is 7.79. The molecule has 1 aromatic carbocycles. The molecule has 1 heterocycles. The normalized spacial score (nSPS) is 10.9. The summed E-state index contributed by atoms with van der Waals surface area (Å²) >= 11 is 0. The summed E-state index contributed by atoms with van der Waals surface area (Å²) in [5.74, 6) is 1.14. The molecule has 0 unspecified atom stereocenters. The quantitative estimate of drug-likeness (QED) is 0.724. The number of hydrogen-bond acceptors (Lipinski definition) is 2. The summed E-state index contributed by atoms with van der Waals surface area (Å²) in [5.41, 5.74) is 1.65. The van der Waals surface area contributed by atoms with Gasteiger partial charge in [-0.2, -0.15) is 0 Å². The van der Waals surface area contributed by atoms with Crippen LogP contribution in [-0.2, 0) is 6.42 Å². The Morgan fingerprint density at radius 2 is 2.08 bits per heavy atom. The van der Waals surface area contributed by atoms with Gasteiger partial charge in [-0.3, -0.25) is 0 Å². The summed E-state index contributed by atoms with van der Waals surface area (Å²) in [6, 6.07) is 5.70. The Morgan fingerprint density at radius 1 is 1.31 bits per heavy atom. The van der Waals surface area contributed by atoms with Crippen molar-refractivity contribution in [2.24, 2.45) is 0 Å². The smallest absolute Gasteiger partial charge is 0.175 e. The first-order valence-corrected chi connectivity index (χ1v) is 4.42. The second kappa shape index (κ2) is 2.80. The van der Waals surface area contributed by atoms with Gasteiger partial charge in [0.15, 0.2) is 11.3 Å². The van der Waals surface area contributed by atoms with Gasteiger partial charge < -0.3 is 9.52 Å². The van der Waals surface area contributed by atoms with E-state index >= 15 is 0 Å². The standard InChI is InChI=1S/C11H12O2/c1-3-9-6-8-4-7(2)5-10(12)11(8)13-9/h4-6,12H,3H2,1-2H3. The average Bonchev–Trinajstić information content (AvgIpc) is 2.47. The third-order valence-corrected chi connectivity index (χ3v) is 2.14. The summed E-state index contributed by atoms with van der Waals surface area (Å²) < 4.78 is 5.45. The fourth-order valence-electron chi connectivity index (χ4n) is 1.51. The second-order valence-electron chi connectivity index (χ2n) is 3.27. The zero-order valence-corrected chi connectivity index (χ0v) is 7.79. The van der Waals surface area contributed by atoms with E-state index in [2.05, 4.69) is 0 Å². The highest BCUT2D eigenvalue weighted by atomic mass is 16.4. The molecule has 2 aromatic rings. The number of benzene rings is 1. The lowest BCUT2D eigenvalue weighted by Gasteiger charge is -1.95. The summed E-state index contributed by atoms with van der Waals surface area (Å²) in [4.78, 5) is 0. The van der Waals surface area contributed by atoms with Crippen LogP contribution in [0.1, 0.15) is 18.2 Å². The molecule has 0 bridgehead atoms. The van der Waals surface area contributed by atoms with Gasteiger partial charge in [0, 0.05) is 11.8 Å². The topological polar surface area (TPSA) is 33.4 Å². The van der Waals surface area contributed by atoms with Crippen LogP contribution in [0.3, 0.4) is 0 Å². The number of aryl methyl sites for hydroxylation is 2. The molecule has 0 saturated heterocycles. The Bertz CT molecular complexity index is 441. The Labute approximate surface area is 76.8 Å². The van der Waals surface area contributed by atoms with Crippen molar-refractivity contribution in [2.45, 2.75) is 20.3 Å². The van der Waals surface area contributed by atoms with Crippen molar-refractivity contribution in [3.63, 3.8) is 0 Å². The lowest BCUT2D eigenvalue weighted by Crippen LogP contribution is -1.71. The molecule has 68 valence electrons. The molecule has 0 radical (unpaired) electrons. The molecule has 0 atom stereocenters. The van der Waals surface area contributed by atoms with Crippen LogP contribution in [0.2, 0.25) is 0 Å². The number of aromatic hydroxyl groups is 1. The van der Waals surface area contributed by atoms with Crippen LogP contribution in [0.4, 0.5) is 0 Å². The lowest BCUT2D eigenvalue weighted by atomic mass is 10.1. The van der Waals surface area contributed by atoms with E-state index in [1.165, 1.54) is 0 Å². The van der Waals surface area contributed by atoms with Crippen molar-refractivity contribution >= 4 is 11.0 Å². The van der Waals surface area contributed by atoms with Gasteiger partial charge in [0.1, 0.15) is 5.76 Å². The van der Waals surface area contributed by atoms with Crippen LogP contribution in [0, 0.1) is 6.92 Å². The molecule has 2 nitrogen and oxygen atoms in total. The number of fused-ring (bicyclic) bond motifs is 1. The van der Waals surface area contributed by atoms with Crippen molar-refractivity contribution in [2.75, 3.05) is 0 Å². The van der Waals surface area contributed by atoms with E-state index in [0.29, 0.717) is 5.58 Å². The first kappa shape index (κ1) is 8.17. The van der Waals surface area contributed by atoms with Crippen LogP contribution in [0.25, 0.3) is 11.0 Å². The lowest BCUT2D eigenvalue weighted by molar-refractivity contribution is 0.458. The number of phenolic OH excluding ortho intramolecular Hbond substituents is 1. The van der Waals surface area contributed by atoms with Crippen molar-refractivity contribution < 1.29 is 9.52 Å². The summed E-state index contributed by atoms with van der Waals surface area (Å²) in [5, 5.41) is 10.5. The zero-order chi connectivity index (χ0) is 9.42. The maximum atomic E-state index is 9.57. The monoisotopic (exact) mass is 176 g/mol. The minimum Gasteiger partial charge on any atom is -0.504 e. The molecular formula is C11H12O2. The van der Waals surface area contributed by atoms with Crippen molar-refractivity contribution in [1.82, 2.24) is 0 Å². The SMILES string of the molecule is CCc1cc2cc(C)cc(O)c2o1. The molecule has 0 fully saturated rings. The molecule has 0 aliphatic rings. The van der Waals surface area contributed by atoms with Gasteiger partial charge in [-0.15, -0.1) is 0 Å². The Balaban J connectivity index is 2.75. The average molecular weight is 176 g/mol. The number of furan rings is 1. The highest BCUT2D eigenvalue weighted by Gasteiger charge is 2.06. The number of phenols is 1. The van der Waals surface area contributed by atoms with Crippen LogP contribution in [-0.4, -0.2) is 5.11 Å². The Morgan fingerprint density at radius 3 is 2.77 bits per heavy atom. The van der Waals surface area contributed by atoms with E-state index in [-0.39, 0.29) is 5.75 Å². The molecule has 0 aliphatic carbocycles. The van der Waals surface area contributed by atoms with E-state index in [1.54, 1.807) is 6.07 Å². The van der Waals surface area contributed by atoms with Crippen LogP contribution >= 0.6 is 0 Å². The summed E-state index contributed by atoms with van der Waals surface area (Å²) in [7, 11) is 0. The van der Waals surface area contributed by atoms with Crippen LogP contribution < -0.4 is 0 Å². The van der Waals surface area contributed by atoms with Gasteiger partial charge >= 0.3 is 0 Å². The molecule has 2 rings (SSSR count). The Kier molecular flexibility index (Phi) is 1.76. The van der Waals surface area contributed by atoms with Gasteiger partial charge in [0.25, 0.3) is 0 Å². The van der Waals surface area contributed by atoms with Crippen molar-refractivity contribution in [3.8, 4) is 5.75 Å². The highest BCUT2D eigenvalue weighted by molar-refractivity contribution is 5.84. The number of rotatable bonds is 1. The highest BCUT2D eigenvalue weighted by Crippen LogP contribution is 2.29. The van der Waals surface area contributed by atoms with E-state index < -0.39 is 0 Å². The largest absolute Gasteiger partial charge is 0.504 e. The fourth-order valence-corrected chi connectivity index (χ4v) is 1.51. The van der Waals surface area contributed by atoms with E-state index in [1.807, 2.05) is 26.0 Å². The molecule has 0 aliphatic heterocycles. The molecule has 2 heteroatoms. The molecule has 1 aromatic heterocycles. The number of hydrogen-bond donors (Lipinski definition) is 1. The van der Waals surface area contributed by atoms with Gasteiger partial charge in [0.2, 0.25) is 0 Å². The molecule has 1 N–H and O–H groups in total. The fraction of sp³-hybridized carbons (Fsp3) is 0.273. The maximum absolute atomic E-state index is 9.57.